The maximum Gasteiger partial charge on any atom is 0.279 e. The molecule has 2 aliphatic rings. The molecule has 7 heteroatoms. The highest BCUT2D eigenvalue weighted by Gasteiger charge is 2.27. The highest BCUT2D eigenvalue weighted by Crippen LogP contribution is 2.22. The molecule has 1 aromatic carbocycles. The summed E-state index contributed by atoms with van der Waals surface area (Å²) >= 11 is 0. The molecule has 128 valence electrons. The molecule has 3 aromatic rings. The fraction of sp³-hybridized carbons (Fsp3) is 0.389. The van der Waals surface area contributed by atoms with Crippen molar-refractivity contribution in [1.82, 2.24) is 24.1 Å². The van der Waals surface area contributed by atoms with Gasteiger partial charge in [-0.25, -0.2) is 4.98 Å². The van der Waals surface area contributed by atoms with E-state index < -0.39 is 0 Å². The summed E-state index contributed by atoms with van der Waals surface area (Å²) in [6, 6.07) is 10.4. The number of fused-ring (bicyclic) bond motifs is 4. The number of rotatable bonds is 2. The van der Waals surface area contributed by atoms with E-state index >= 15 is 0 Å². The van der Waals surface area contributed by atoms with Crippen LogP contribution in [0.3, 0.4) is 0 Å². The highest BCUT2D eigenvalue weighted by atomic mass is 16.1. The molecule has 0 atom stereocenters. The lowest BCUT2D eigenvalue weighted by atomic mass is 10.1. The summed E-state index contributed by atoms with van der Waals surface area (Å²) < 4.78 is 3.52. The van der Waals surface area contributed by atoms with Crippen LogP contribution in [0.4, 0.5) is 5.95 Å². The molecule has 25 heavy (non-hydrogen) atoms. The highest BCUT2D eigenvalue weighted by molar-refractivity contribution is 5.46. The molecule has 0 saturated heterocycles. The van der Waals surface area contributed by atoms with Crippen LogP contribution in [-0.2, 0) is 26.1 Å². The zero-order valence-electron chi connectivity index (χ0n) is 14.2. The number of hydrogen-bond donors (Lipinski definition) is 0. The van der Waals surface area contributed by atoms with Crippen molar-refractivity contribution in [2.75, 3.05) is 25.0 Å². The molecule has 0 N–H and O–H groups in total. The molecule has 0 spiro atoms. The molecule has 0 bridgehead atoms. The van der Waals surface area contributed by atoms with Gasteiger partial charge in [-0.15, -0.1) is 5.10 Å². The number of aromatic nitrogens is 4. The van der Waals surface area contributed by atoms with Gasteiger partial charge in [0.25, 0.3) is 5.56 Å². The van der Waals surface area contributed by atoms with E-state index in [-0.39, 0.29) is 5.56 Å². The molecule has 2 aliphatic heterocycles. The van der Waals surface area contributed by atoms with E-state index in [1.807, 2.05) is 17.7 Å². The van der Waals surface area contributed by atoms with Crippen molar-refractivity contribution in [1.29, 1.82) is 0 Å². The van der Waals surface area contributed by atoms with Crippen molar-refractivity contribution in [2.24, 2.45) is 0 Å². The number of hydrogen-bond acceptors (Lipinski definition) is 5. The average Bonchev–Trinajstić information content (AvgIpc) is 3.17. The Bertz CT molecular complexity index is 1010. The summed E-state index contributed by atoms with van der Waals surface area (Å²) in [5.41, 5.74) is 3.01. The molecule has 2 aromatic heterocycles. The second-order valence-corrected chi connectivity index (χ2v) is 6.87. The first-order chi connectivity index (χ1) is 12.2. The first-order valence-electron chi connectivity index (χ1n) is 8.69. The average molecular weight is 336 g/mol. The molecule has 0 saturated carbocycles. The van der Waals surface area contributed by atoms with E-state index in [0.29, 0.717) is 12.3 Å². The Labute approximate surface area is 145 Å². The van der Waals surface area contributed by atoms with Crippen LogP contribution >= 0.6 is 0 Å². The molecule has 4 heterocycles. The van der Waals surface area contributed by atoms with E-state index in [4.69, 9.17) is 4.98 Å². The van der Waals surface area contributed by atoms with Gasteiger partial charge in [-0.2, -0.15) is 4.52 Å². The van der Waals surface area contributed by atoms with Crippen molar-refractivity contribution < 1.29 is 0 Å². The topological polar surface area (TPSA) is 58.7 Å². The molecule has 5 rings (SSSR count). The van der Waals surface area contributed by atoms with Crippen LogP contribution in [0.2, 0.25) is 0 Å². The molecular weight excluding hydrogens is 316 g/mol. The van der Waals surface area contributed by atoms with Gasteiger partial charge in [-0.05, 0) is 12.0 Å². The van der Waals surface area contributed by atoms with Gasteiger partial charge in [0.2, 0.25) is 11.7 Å². The lowest BCUT2D eigenvalue weighted by Crippen LogP contribution is -2.36. The minimum Gasteiger partial charge on any atom is -0.342 e. The third-order valence-corrected chi connectivity index (χ3v) is 5.20. The van der Waals surface area contributed by atoms with E-state index in [9.17, 15) is 4.79 Å². The van der Waals surface area contributed by atoms with Crippen molar-refractivity contribution in [3.8, 4) is 0 Å². The summed E-state index contributed by atoms with van der Waals surface area (Å²) in [7, 11) is 2.00. The van der Waals surface area contributed by atoms with Gasteiger partial charge in [0.05, 0.1) is 5.69 Å². The lowest BCUT2D eigenvalue weighted by molar-refractivity contribution is 0.240. The number of likely N-dealkylation sites (N-methyl/N-ethyl adjacent to an activating group) is 1. The van der Waals surface area contributed by atoms with Crippen molar-refractivity contribution >= 4 is 11.7 Å². The van der Waals surface area contributed by atoms with Crippen LogP contribution in [0, 0.1) is 0 Å². The second-order valence-electron chi connectivity index (χ2n) is 6.87. The van der Waals surface area contributed by atoms with Gasteiger partial charge in [-0.3, -0.25) is 14.3 Å². The van der Waals surface area contributed by atoms with Gasteiger partial charge in [0.1, 0.15) is 0 Å². The molecule has 0 aliphatic carbocycles. The summed E-state index contributed by atoms with van der Waals surface area (Å²) in [5, 5.41) is 4.49. The Kier molecular flexibility index (Phi) is 3.18. The summed E-state index contributed by atoms with van der Waals surface area (Å²) in [5.74, 6) is 1.50. The summed E-state index contributed by atoms with van der Waals surface area (Å²) in [4.78, 5) is 22.1. The van der Waals surface area contributed by atoms with Crippen molar-refractivity contribution in [2.45, 2.75) is 26.1 Å². The monoisotopic (exact) mass is 336 g/mol. The predicted molar refractivity (Wildman–Crippen MR) is 94.8 cm³/mol. The number of nitrogens with zero attached hydrogens (tertiary/aromatic N) is 6. The zero-order valence-corrected chi connectivity index (χ0v) is 14.2. The first kappa shape index (κ1) is 14.7. The van der Waals surface area contributed by atoms with Crippen LogP contribution in [0.15, 0.2) is 35.1 Å². The lowest BCUT2D eigenvalue weighted by Gasteiger charge is -2.27. The molecule has 0 amide bonds. The molecule has 0 fully saturated rings. The quantitative estimate of drug-likeness (QED) is 0.696. The Hall–Kier alpha value is -2.67. The van der Waals surface area contributed by atoms with E-state index in [0.717, 1.165) is 49.8 Å². The maximum atomic E-state index is 12.9. The fourth-order valence-electron chi connectivity index (χ4n) is 3.83. The maximum absolute atomic E-state index is 12.9. The Balaban J connectivity index is 1.53. The Morgan fingerprint density at radius 2 is 1.96 bits per heavy atom. The molecular formula is C18H20N6O. The number of benzene rings is 1. The van der Waals surface area contributed by atoms with Gasteiger partial charge >= 0.3 is 0 Å². The molecule has 7 nitrogen and oxygen atoms in total. The van der Waals surface area contributed by atoms with Crippen LogP contribution in [-0.4, -0.2) is 44.2 Å². The SMILES string of the molecule is CN1CCn2c1nn1c(=O)c3c(nc21)CN(Cc1ccccc1)CC3. The Morgan fingerprint density at radius 1 is 1.12 bits per heavy atom. The number of anilines is 1. The van der Waals surface area contributed by atoms with Crippen LogP contribution < -0.4 is 10.5 Å². The van der Waals surface area contributed by atoms with Crippen molar-refractivity contribution in [3.05, 3.63) is 57.5 Å². The third kappa shape index (κ3) is 2.26. The first-order valence-corrected chi connectivity index (χ1v) is 8.69. The zero-order chi connectivity index (χ0) is 17.0. The second kappa shape index (κ2) is 5.42. The van der Waals surface area contributed by atoms with Gasteiger partial charge < -0.3 is 4.90 Å². The van der Waals surface area contributed by atoms with Gasteiger partial charge in [-0.1, -0.05) is 30.3 Å². The normalized spacial score (nSPS) is 17.1. The van der Waals surface area contributed by atoms with Crippen LogP contribution in [0.5, 0.6) is 0 Å². The summed E-state index contributed by atoms with van der Waals surface area (Å²) in [6.45, 7) is 4.21. The molecule has 0 unspecified atom stereocenters. The minimum absolute atomic E-state index is 0.00494. The predicted octanol–water partition coefficient (Wildman–Crippen LogP) is 0.899. The Morgan fingerprint density at radius 3 is 2.80 bits per heavy atom. The largest absolute Gasteiger partial charge is 0.342 e. The van der Waals surface area contributed by atoms with E-state index in [1.165, 1.54) is 10.1 Å². The molecule has 0 radical (unpaired) electrons. The standard InChI is InChI=1S/C18H20N6O/c1-21-9-10-23-17-19-15-12-22(11-13-5-3-2-4-6-13)8-7-14(15)16(25)24(17)20-18(21)23/h2-6H,7-12H2,1H3. The smallest absolute Gasteiger partial charge is 0.279 e. The van der Waals surface area contributed by atoms with Gasteiger partial charge in [0, 0.05) is 45.3 Å². The fourth-order valence-corrected chi connectivity index (χ4v) is 3.83. The van der Waals surface area contributed by atoms with E-state index in [1.54, 1.807) is 0 Å². The minimum atomic E-state index is -0.00494. The van der Waals surface area contributed by atoms with Crippen LogP contribution in [0.1, 0.15) is 16.8 Å². The van der Waals surface area contributed by atoms with Crippen molar-refractivity contribution in [3.63, 3.8) is 0 Å². The van der Waals surface area contributed by atoms with Crippen LogP contribution in [0.25, 0.3) is 5.78 Å². The van der Waals surface area contributed by atoms with Gasteiger partial charge in [0.15, 0.2) is 0 Å². The third-order valence-electron chi connectivity index (χ3n) is 5.20. The summed E-state index contributed by atoms with van der Waals surface area (Å²) in [6.07, 6.45) is 0.731. The van der Waals surface area contributed by atoms with E-state index in [2.05, 4.69) is 39.2 Å².